The maximum absolute atomic E-state index is 13.0. The predicted molar refractivity (Wildman–Crippen MR) is 102 cm³/mol. The van der Waals surface area contributed by atoms with Crippen molar-refractivity contribution in [1.82, 2.24) is 25.2 Å². The first-order valence-corrected chi connectivity index (χ1v) is 9.43. The number of hydrogen-bond acceptors (Lipinski definition) is 5. The molecule has 3 rings (SSSR count). The third kappa shape index (κ3) is 5.05. The zero-order valence-electron chi connectivity index (χ0n) is 16.9. The highest BCUT2D eigenvalue weighted by Crippen LogP contribution is 2.30. The van der Waals surface area contributed by atoms with Crippen LogP contribution >= 0.6 is 0 Å². The molecule has 1 aromatic carbocycles. The van der Waals surface area contributed by atoms with E-state index in [1.807, 2.05) is 0 Å². The van der Waals surface area contributed by atoms with Gasteiger partial charge in [0.25, 0.3) is 0 Å². The Kier molecular flexibility index (Phi) is 6.23. The summed E-state index contributed by atoms with van der Waals surface area (Å²) in [4.78, 5) is 16.4. The first-order chi connectivity index (χ1) is 14.1. The van der Waals surface area contributed by atoms with Crippen LogP contribution in [0.5, 0.6) is 0 Å². The number of hydrogen-bond donors (Lipinski definition) is 1. The van der Waals surface area contributed by atoms with Gasteiger partial charge in [-0.25, -0.2) is 4.68 Å². The molecule has 7 nitrogen and oxygen atoms in total. The quantitative estimate of drug-likeness (QED) is 0.591. The Hall–Kier alpha value is -3.17. The van der Waals surface area contributed by atoms with E-state index in [1.54, 1.807) is 26.8 Å². The standard InChI is InChI=1S/C20H22F3N5O2/c1-12-17(11-18(29)24-9-5-8-19-25-14(3)27-30-19)13(2)28(26-12)16-7-4-6-15(10-16)20(21,22)23/h4,6-7,10H,5,8-9,11H2,1-3H3,(H,24,29). The van der Waals surface area contributed by atoms with Crippen LogP contribution in [0.3, 0.4) is 0 Å². The number of benzene rings is 1. The van der Waals surface area contributed by atoms with Gasteiger partial charge in [-0.2, -0.15) is 23.3 Å². The van der Waals surface area contributed by atoms with Gasteiger partial charge in [-0.15, -0.1) is 0 Å². The summed E-state index contributed by atoms with van der Waals surface area (Å²) >= 11 is 0. The number of rotatable bonds is 7. The van der Waals surface area contributed by atoms with E-state index in [1.165, 1.54) is 10.7 Å². The number of nitrogens with zero attached hydrogens (tertiary/aromatic N) is 4. The average Bonchev–Trinajstić information content (AvgIpc) is 3.22. The van der Waals surface area contributed by atoms with E-state index in [4.69, 9.17) is 4.52 Å². The molecule has 0 radical (unpaired) electrons. The van der Waals surface area contributed by atoms with Crippen LogP contribution in [-0.2, 0) is 23.8 Å². The number of amides is 1. The molecule has 2 heterocycles. The fourth-order valence-corrected chi connectivity index (χ4v) is 3.13. The summed E-state index contributed by atoms with van der Waals surface area (Å²) in [6.45, 7) is 5.65. The van der Waals surface area contributed by atoms with Crippen LogP contribution in [0.2, 0.25) is 0 Å². The molecule has 0 saturated heterocycles. The summed E-state index contributed by atoms with van der Waals surface area (Å²) in [5.74, 6) is 0.903. The highest BCUT2D eigenvalue weighted by atomic mass is 19.4. The molecule has 30 heavy (non-hydrogen) atoms. The Balaban J connectivity index is 1.63. The zero-order valence-corrected chi connectivity index (χ0v) is 16.9. The van der Waals surface area contributed by atoms with Gasteiger partial charge in [0.05, 0.1) is 23.4 Å². The summed E-state index contributed by atoms with van der Waals surface area (Å²) in [7, 11) is 0. The minimum atomic E-state index is -4.44. The van der Waals surface area contributed by atoms with Crippen molar-refractivity contribution in [2.24, 2.45) is 0 Å². The summed E-state index contributed by atoms with van der Waals surface area (Å²) < 4.78 is 45.5. The molecule has 0 aliphatic heterocycles. The van der Waals surface area contributed by atoms with Crippen molar-refractivity contribution >= 4 is 5.91 Å². The average molecular weight is 421 g/mol. The van der Waals surface area contributed by atoms with E-state index in [0.717, 1.165) is 12.1 Å². The van der Waals surface area contributed by atoms with Crippen LogP contribution < -0.4 is 5.32 Å². The lowest BCUT2D eigenvalue weighted by Gasteiger charge is -2.10. The lowest BCUT2D eigenvalue weighted by molar-refractivity contribution is -0.137. The Morgan fingerprint density at radius 1 is 1.23 bits per heavy atom. The Bertz CT molecular complexity index is 1040. The molecule has 160 valence electrons. The number of alkyl halides is 3. The van der Waals surface area contributed by atoms with Gasteiger partial charge in [0.15, 0.2) is 5.82 Å². The zero-order chi connectivity index (χ0) is 21.9. The molecule has 0 bridgehead atoms. The van der Waals surface area contributed by atoms with Gasteiger partial charge in [-0.05, 0) is 45.4 Å². The van der Waals surface area contributed by atoms with Crippen molar-refractivity contribution in [1.29, 1.82) is 0 Å². The molecule has 0 aliphatic carbocycles. The molecule has 0 unspecified atom stereocenters. The van der Waals surface area contributed by atoms with Gasteiger partial charge in [-0.1, -0.05) is 11.2 Å². The van der Waals surface area contributed by atoms with Crippen LogP contribution in [0, 0.1) is 20.8 Å². The molecular formula is C20H22F3N5O2. The van der Waals surface area contributed by atoms with E-state index in [-0.39, 0.29) is 12.3 Å². The van der Waals surface area contributed by atoms with Crippen LogP contribution in [0.25, 0.3) is 5.69 Å². The van der Waals surface area contributed by atoms with Crippen molar-refractivity contribution in [2.45, 2.75) is 46.2 Å². The fourth-order valence-electron chi connectivity index (χ4n) is 3.13. The van der Waals surface area contributed by atoms with Crippen LogP contribution in [0.15, 0.2) is 28.8 Å². The van der Waals surface area contributed by atoms with Gasteiger partial charge < -0.3 is 9.84 Å². The monoisotopic (exact) mass is 421 g/mol. The number of halogens is 3. The highest BCUT2D eigenvalue weighted by molar-refractivity contribution is 5.79. The number of nitrogens with one attached hydrogen (secondary N) is 1. The Morgan fingerprint density at radius 2 is 2.00 bits per heavy atom. The van der Waals surface area contributed by atoms with Crippen LogP contribution in [0.1, 0.15) is 40.7 Å². The topological polar surface area (TPSA) is 85.8 Å². The maximum atomic E-state index is 13.0. The Morgan fingerprint density at radius 3 is 2.67 bits per heavy atom. The Labute approximate surface area is 171 Å². The minimum absolute atomic E-state index is 0.0935. The molecule has 0 saturated carbocycles. The summed E-state index contributed by atoms with van der Waals surface area (Å²) in [5.41, 5.74) is 1.47. The maximum Gasteiger partial charge on any atom is 0.416 e. The summed E-state index contributed by atoms with van der Waals surface area (Å²) in [6, 6.07) is 4.95. The number of aromatic nitrogens is 4. The third-order valence-electron chi connectivity index (χ3n) is 4.66. The highest BCUT2D eigenvalue weighted by Gasteiger charge is 2.30. The summed E-state index contributed by atoms with van der Waals surface area (Å²) in [6.07, 6.45) is -3.13. The van der Waals surface area contributed by atoms with Gasteiger partial charge in [0, 0.05) is 24.2 Å². The van der Waals surface area contributed by atoms with Crippen LogP contribution in [-0.4, -0.2) is 32.4 Å². The van der Waals surface area contributed by atoms with E-state index < -0.39 is 11.7 Å². The molecule has 1 amide bonds. The second-order valence-corrected chi connectivity index (χ2v) is 6.97. The van der Waals surface area contributed by atoms with Crippen LogP contribution in [0.4, 0.5) is 13.2 Å². The SMILES string of the molecule is Cc1noc(CCCNC(=O)Cc2c(C)nn(-c3cccc(C(F)(F)F)c3)c2C)n1. The first kappa shape index (κ1) is 21.5. The van der Waals surface area contributed by atoms with Crippen molar-refractivity contribution in [3.63, 3.8) is 0 Å². The van der Waals surface area contributed by atoms with E-state index in [9.17, 15) is 18.0 Å². The van der Waals surface area contributed by atoms with Crippen molar-refractivity contribution in [3.8, 4) is 5.69 Å². The van der Waals surface area contributed by atoms with E-state index in [2.05, 4.69) is 20.6 Å². The first-order valence-electron chi connectivity index (χ1n) is 9.43. The molecule has 2 aromatic heterocycles. The summed E-state index contributed by atoms with van der Waals surface area (Å²) in [5, 5.41) is 10.9. The van der Waals surface area contributed by atoms with Gasteiger partial charge in [0.2, 0.25) is 11.8 Å². The third-order valence-corrected chi connectivity index (χ3v) is 4.66. The number of carbonyl (C=O) groups is 1. The van der Waals surface area contributed by atoms with Gasteiger partial charge in [-0.3, -0.25) is 4.79 Å². The minimum Gasteiger partial charge on any atom is -0.356 e. The molecular weight excluding hydrogens is 399 g/mol. The van der Waals surface area contributed by atoms with Crippen molar-refractivity contribution in [2.75, 3.05) is 6.54 Å². The molecule has 1 N–H and O–H groups in total. The lowest BCUT2D eigenvalue weighted by Crippen LogP contribution is -2.26. The number of carbonyl (C=O) groups excluding carboxylic acids is 1. The molecule has 10 heteroatoms. The fraction of sp³-hybridized carbons (Fsp3) is 0.400. The molecule has 0 atom stereocenters. The van der Waals surface area contributed by atoms with Crippen molar-refractivity contribution < 1.29 is 22.5 Å². The molecule has 0 spiro atoms. The van der Waals surface area contributed by atoms with Crippen molar-refractivity contribution in [3.05, 3.63) is 58.5 Å². The normalized spacial score (nSPS) is 11.7. The second kappa shape index (κ2) is 8.68. The van der Waals surface area contributed by atoms with Gasteiger partial charge in [0.1, 0.15) is 0 Å². The second-order valence-electron chi connectivity index (χ2n) is 6.97. The number of aryl methyl sites for hydroxylation is 3. The predicted octanol–water partition coefficient (Wildman–Crippen LogP) is 3.49. The smallest absolute Gasteiger partial charge is 0.356 e. The molecule has 3 aromatic rings. The lowest BCUT2D eigenvalue weighted by atomic mass is 10.1. The largest absolute Gasteiger partial charge is 0.416 e. The molecule has 0 fully saturated rings. The van der Waals surface area contributed by atoms with Gasteiger partial charge >= 0.3 is 6.18 Å². The molecule has 0 aliphatic rings. The van der Waals surface area contributed by atoms with E-state index in [0.29, 0.717) is 53.7 Å². The van der Waals surface area contributed by atoms with E-state index >= 15 is 0 Å².